The number of hydrogen-bond acceptors (Lipinski definition) is 1. The molecule has 14 heavy (non-hydrogen) atoms. The minimum atomic E-state index is 1.10. The van der Waals surface area contributed by atoms with E-state index >= 15 is 0 Å². The highest BCUT2D eigenvalue weighted by Crippen LogP contribution is 2.26. The van der Waals surface area contributed by atoms with E-state index in [2.05, 4.69) is 48.6 Å². The van der Waals surface area contributed by atoms with Crippen LogP contribution in [0.3, 0.4) is 0 Å². The number of allylic oxidation sites excluding steroid dienone is 4. The van der Waals surface area contributed by atoms with E-state index in [4.69, 9.17) is 0 Å². The minimum absolute atomic E-state index is 1.10. The summed E-state index contributed by atoms with van der Waals surface area (Å²) in [4.78, 5) is 1.51. The first-order valence-corrected chi connectivity index (χ1v) is 5.94. The Kier molecular flexibility index (Phi) is 3.47. The van der Waals surface area contributed by atoms with Crippen molar-refractivity contribution in [1.82, 2.24) is 0 Å². The van der Waals surface area contributed by atoms with Crippen molar-refractivity contribution in [2.75, 3.05) is 0 Å². The molecule has 2 rings (SSSR count). The summed E-state index contributed by atoms with van der Waals surface area (Å²) in [6.45, 7) is 0. The van der Waals surface area contributed by atoms with E-state index in [1.807, 2.05) is 11.8 Å². The molecule has 0 saturated heterocycles. The third kappa shape index (κ3) is 2.78. The van der Waals surface area contributed by atoms with Gasteiger partial charge in [0, 0.05) is 5.75 Å². The molecule has 1 heteroatoms. The van der Waals surface area contributed by atoms with Gasteiger partial charge in [-0.15, -0.1) is 11.8 Å². The van der Waals surface area contributed by atoms with Crippen LogP contribution in [-0.2, 0) is 5.75 Å². The Balaban J connectivity index is 1.86. The van der Waals surface area contributed by atoms with Gasteiger partial charge in [0.1, 0.15) is 0 Å². The minimum Gasteiger partial charge on any atom is -0.126 e. The molecule has 0 bridgehead atoms. The summed E-state index contributed by atoms with van der Waals surface area (Å²) in [6.07, 6.45) is 9.04. The molecule has 0 unspecified atom stereocenters. The highest BCUT2D eigenvalue weighted by atomic mass is 32.2. The normalized spacial score (nSPS) is 15.3. The molecule has 72 valence electrons. The van der Waals surface area contributed by atoms with Crippen LogP contribution in [0.4, 0.5) is 0 Å². The van der Waals surface area contributed by atoms with E-state index in [1.54, 1.807) is 0 Å². The van der Waals surface area contributed by atoms with Gasteiger partial charge in [-0.25, -0.2) is 0 Å². The van der Waals surface area contributed by atoms with Crippen LogP contribution in [0, 0.1) is 0 Å². The fourth-order valence-corrected chi connectivity index (χ4v) is 2.42. The van der Waals surface area contributed by atoms with Gasteiger partial charge in [0.25, 0.3) is 0 Å². The summed E-state index contributed by atoms with van der Waals surface area (Å²) in [5.74, 6) is 1.10. The van der Waals surface area contributed by atoms with E-state index in [1.165, 1.54) is 10.5 Å². The lowest BCUT2D eigenvalue weighted by Gasteiger charge is -2.07. The van der Waals surface area contributed by atoms with Crippen LogP contribution in [0.2, 0.25) is 0 Å². The number of rotatable bonds is 3. The molecule has 0 N–H and O–H groups in total. The monoisotopic (exact) mass is 202 g/mol. The smallest absolute Gasteiger partial charge is 0.0228 e. The van der Waals surface area contributed by atoms with Gasteiger partial charge in [-0.05, 0) is 23.3 Å². The quantitative estimate of drug-likeness (QED) is 0.663. The average molecular weight is 202 g/mol. The summed E-state index contributed by atoms with van der Waals surface area (Å²) >= 11 is 1.96. The lowest BCUT2D eigenvalue weighted by molar-refractivity contribution is 1.21. The molecule has 0 atom stereocenters. The van der Waals surface area contributed by atoms with Crippen molar-refractivity contribution in [2.45, 2.75) is 18.6 Å². The van der Waals surface area contributed by atoms with E-state index in [-0.39, 0.29) is 0 Å². The zero-order chi connectivity index (χ0) is 9.64. The molecule has 0 spiro atoms. The standard InChI is InChI=1S/C13H14S/c1-3-7-12(8-4-1)11-14-13-9-5-2-6-10-13/h1-5,7-8,10H,6,9,11H2. The van der Waals surface area contributed by atoms with Gasteiger partial charge in [-0.2, -0.15) is 0 Å². The maximum absolute atomic E-state index is 2.33. The van der Waals surface area contributed by atoms with Gasteiger partial charge >= 0.3 is 0 Å². The van der Waals surface area contributed by atoms with Crippen molar-refractivity contribution in [1.29, 1.82) is 0 Å². The van der Waals surface area contributed by atoms with Gasteiger partial charge in [-0.1, -0.05) is 48.6 Å². The maximum atomic E-state index is 2.33. The van der Waals surface area contributed by atoms with Crippen molar-refractivity contribution in [3.05, 3.63) is 59.0 Å². The molecule has 0 radical (unpaired) electrons. The summed E-state index contributed by atoms with van der Waals surface area (Å²) < 4.78 is 0. The van der Waals surface area contributed by atoms with Gasteiger partial charge in [0.05, 0.1) is 0 Å². The van der Waals surface area contributed by atoms with Crippen LogP contribution < -0.4 is 0 Å². The van der Waals surface area contributed by atoms with Gasteiger partial charge in [0.15, 0.2) is 0 Å². The van der Waals surface area contributed by atoms with Crippen LogP contribution in [0.5, 0.6) is 0 Å². The highest BCUT2D eigenvalue weighted by Gasteiger charge is 1.99. The van der Waals surface area contributed by atoms with Gasteiger partial charge in [-0.3, -0.25) is 0 Å². The first-order valence-electron chi connectivity index (χ1n) is 4.96. The molecule has 0 nitrogen and oxygen atoms in total. The molecule has 0 heterocycles. The van der Waals surface area contributed by atoms with Crippen LogP contribution >= 0.6 is 11.8 Å². The predicted octanol–water partition coefficient (Wildman–Crippen LogP) is 4.15. The van der Waals surface area contributed by atoms with Crippen LogP contribution in [0.1, 0.15) is 18.4 Å². The number of hydrogen-bond donors (Lipinski definition) is 0. The molecule has 1 aliphatic rings. The largest absolute Gasteiger partial charge is 0.126 e. The second kappa shape index (κ2) is 5.06. The Bertz CT molecular complexity index is 336. The summed E-state index contributed by atoms with van der Waals surface area (Å²) in [7, 11) is 0. The summed E-state index contributed by atoms with van der Waals surface area (Å²) in [5.41, 5.74) is 1.41. The third-order valence-electron chi connectivity index (χ3n) is 2.23. The van der Waals surface area contributed by atoms with Crippen molar-refractivity contribution in [2.24, 2.45) is 0 Å². The van der Waals surface area contributed by atoms with Gasteiger partial charge in [0.2, 0.25) is 0 Å². The third-order valence-corrected chi connectivity index (χ3v) is 3.42. The zero-order valence-electron chi connectivity index (χ0n) is 8.15. The van der Waals surface area contributed by atoms with Crippen LogP contribution in [-0.4, -0.2) is 0 Å². The van der Waals surface area contributed by atoms with Gasteiger partial charge < -0.3 is 0 Å². The molecule has 1 aliphatic carbocycles. The Morgan fingerprint density at radius 2 is 1.93 bits per heavy atom. The number of thioether (sulfide) groups is 1. The van der Waals surface area contributed by atoms with Crippen molar-refractivity contribution in [3.63, 3.8) is 0 Å². The number of benzene rings is 1. The van der Waals surface area contributed by atoms with Crippen molar-refractivity contribution in [3.8, 4) is 0 Å². The Morgan fingerprint density at radius 1 is 1.07 bits per heavy atom. The molecule has 0 saturated carbocycles. The van der Waals surface area contributed by atoms with E-state index in [0.717, 1.165) is 18.6 Å². The van der Waals surface area contributed by atoms with Crippen molar-refractivity contribution >= 4 is 11.8 Å². The first-order chi connectivity index (χ1) is 6.95. The molecule has 0 fully saturated rings. The molecule has 0 amide bonds. The Hall–Kier alpha value is -0.950. The first kappa shape index (κ1) is 9.60. The van der Waals surface area contributed by atoms with E-state index < -0.39 is 0 Å². The fraction of sp³-hybridized carbons (Fsp3) is 0.231. The highest BCUT2D eigenvalue weighted by molar-refractivity contribution is 8.02. The molecule has 0 aromatic heterocycles. The van der Waals surface area contributed by atoms with Crippen LogP contribution in [0.15, 0.2) is 53.5 Å². The van der Waals surface area contributed by atoms with E-state index in [9.17, 15) is 0 Å². The second-order valence-electron chi connectivity index (χ2n) is 3.36. The summed E-state index contributed by atoms with van der Waals surface area (Å²) in [6, 6.07) is 10.6. The SMILES string of the molecule is C1=CCC(SCc2ccccc2)=CC1. The molecular weight excluding hydrogens is 188 g/mol. The fourth-order valence-electron chi connectivity index (χ4n) is 1.45. The predicted molar refractivity (Wildman–Crippen MR) is 64.2 cm³/mol. The Morgan fingerprint density at radius 3 is 2.64 bits per heavy atom. The molecule has 1 aromatic rings. The topological polar surface area (TPSA) is 0 Å². The van der Waals surface area contributed by atoms with Crippen molar-refractivity contribution < 1.29 is 0 Å². The van der Waals surface area contributed by atoms with Crippen LogP contribution in [0.25, 0.3) is 0 Å². The lowest BCUT2D eigenvalue weighted by Crippen LogP contribution is -1.84. The molecule has 0 aliphatic heterocycles. The molecular formula is C13H14S. The summed E-state index contributed by atoms with van der Waals surface area (Å²) in [5, 5.41) is 0. The van der Waals surface area contributed by atoms with E-state index in [0.29, 0.717) is 0 Å². The zero-order valence-corrected chi connectivity index (χ0v) is 8.96. The molecule has 1 aromatic carbocycles. The Labute approximate surface area is 89.7 Å². The second-order valence-corrected chi connectivity index (χ2v) is 4.46. The average Bonchev–Trinajstić information content (AvgIpc) is 2.29. The maximum Gasteiger partial charge on any atom is 0.0228 e. The lowest BCUT2D eigenvalue weighted by atomic mass is 10.2.